The monoisotopic (exact) mass is 376 g/mol. The van der Waals surface area contributed by atoms with Gasteiger partial charge in [-0.1, -0.05) is 36.4 Å². The smallest absolute Gasteiger partial charge is 0.233 e. The average Bonchev–Trinajstić information content (AvgIpc) is 3.07. The summed E-state index contributed by atoms with van der Waals surface area (Å²) >= 11 is 1.45. The van der Waals surface area contributed by atoms with Gasteiger partial charge in [0.15, 0.2) is 9.84 Å². The van der Waals surface area contributed by atoms with Crippen LogP contribution in [0.4, 0.5) is 0 Å². The summed E-state index contributed by atoms with van der Waals surface area (Å²) in [5, 5.41) is 8.88. The number of carbonyl (C=O) groups is 1. The maximum absolute atomic E-state index is 13.0. The van der Waals surface area contributed by atoms with Gasteiger partial charge in [-0.25, -0.2) is 18.5 Å². The second-order valence-electron chi connectivity index (χ2n) is 5.59. The van der Waals surface area contributed by atoms with E-state index >= 15 is 0 Å². The highest BCUT2D eigenvalue weighted by Crippen LogP contribution is 2.28. The Balaban J connectivity index is 1.93. The van der Waals surface area contributed by atoms with E-state index in [1.54, 1.807) is 48.0 Å². The van der Waals surface area contributed by atoms with Gasteiger partial charge in [0.1, 0.15) is 5.25 Å². The molecule has 25 heavy (non-hydrogen) atoms. The number of nitrogens with zero attached hydrogens (tertiary/aromatic N) is 2. The van der Waals surface area contributed by atoms with E-state index in [2.05, 4.69) is 4.98 Å². The van der Waals surface area contributed by atoms with Crippen molar-refractivity contribution in [3.05, 3.63) is 65.2 Å². The summed E-state index contributed by atoms with van der Waals surface area (Å²) in [7, 11) is -3.66. The molecule has 8 heteroatoms. The van der Waals surface area contributed by atoms with Crippen LogP contribution in [0.25, 0.3) is 10.2 Å². The lowest BCUT2D eigenvalue weighted by Crippen LogP contribution is -2.29. The molecule has 0 aliphatic heterocycles. The van der Waals surface area contributed by atoms with E-state index in [0.29, 0.717) is 16.2 Å². The molecule has 1 heterocycles. The molecule has 1 N–H and O–H groups in total. The number of fused-ring (bicyclic) bond motifs is 1. The molecule has 0 saturated heterocycles. The molecule has 2 aromatic carbocycles. The molecule has 130 valence electrons. The Labute approximate surface area is 149 Å². The van der Waals surface area contributed by atoms with E-state index in [9.17, 15) is 18.4 Å². The van der Waals surface area contributed by atoms with Crippen molar-refractivity contribution in [2.24, 2.45) is 0 Å². The first kappa shape index (κ1) is 17.5. The van der Waals surface area contributed by atoms with E-state index in [1.807, 2.05) is 6.07 Å². The lowest BCUT2D eigenvalue weighted by atomic mass is 10.1. The third-order valence-corrected chi connectivity index (χ3v) is 6.66. The van der Waals surface area contributed by atoms with Gasteiger partial charge < -0.3 is 0 Å². The summed E-state index contributed by atoms with van der Waals surface area (Å²) in [6.07, 6.45) is 0.203. The van der Waals surface area contributed by atoms with Crippen molar-refractivity contribution in [1.29, 1.82) is 0 Å². The maximum Gasteiger partial charge on any atom is 0.233 e. The van der Waals surface area contributed by atoms with Crippen LogP contribution in [0.1, 0.15) is 16.4 Å². The third kappa shape index (κ3) is 4.04. The summed E-state index contributed by atoms with van der Waals surface area (Å²) in [5.74, 6) is -0.187. The Morgan fingerprint density at radius 1 is 1.20 bits per heavy atom. The molecule has 6 nitrogen and oxygen atoms in total. The van der Waals surface area contributed by atoms with E-state index in [4.69, 9.17) is 0 Å². The predicted octanol–water partition coefficient (Wildman–Crippen LogP) is 2.80. The Kier molecular flexibility index (Phi) is 5.12. The normalized spacial score (nSPS) is 12.8. The summed E-state index contributed by atoms with van der Waals surface area (Å²) in [4.78, 5) is 14.9. The zero-order valence-corrected chi connectivity index (χ0v) is 14.8. The Hall–Kier alpha value is -2.29. The molecule has 0 saturated carbocycles. The number of rotatable bonds is 7. The van der Waals surface area contributed by atoms with Crippen LogP contribution in [-0.4, -0.2) is 36.6 Å². The quantitative estimate of drug-likeness (QED) is 0.389. The lowest BCUT2D eigenvalue weighted by Gasteiger charge is -2.21. The lowest BCUT2D eigenvalue weighted by molar-refractivity contribution is -0.149. The fourth-order valence-corrected chi connectivity index (χ4v) is 5.17. The van der Waals surface area contributed by atoms with Gasteiger partial charge in [-0.3, -0.25) is 10.0 Å². The minimum Gasteiger partial charge on any atom is -0.286 e. The van der Waals surface area contributed by atoms with Crippen LogP contribution in [-0.2, 0) is 20.4 Å². The van der Waals surface area contributed by atoms with E-state index in [-0.39, 0.29) is 18.7 Å². The zero-order valence-electron chi connectivity index (χ0n) is 13.1. The number of carbonyl (C=O) groups excluding carboxylic acids is 1. The molecule has 1 unspecified atom stereocenters. The zero-order chi connectivity index (χ0) is 17.9. The van der Waals surface area contributed by atoms with Crippen molar-refractivity contribution in [1.82, 2.24) is 10.0 Å². The SMILES string of the molecule is O=CN(O)CC(c1ccccc1)S(=O)(=O)Cc1ccc2ncsc2c1. The van der Waals surface area contributed by atoms with Crippen molar-refractivity contribution in [3.8, 4) is 0 Å². The van der Waals surface area contributed by atoms with E-state index in [1.165, 1.54) is 11.3 Å². The summed E-state index contributed by atoms with van der Waals surface area (Å²) in [6.45, 7) is -0.321. The van der Waals surface area contributed by atoms with Crippen molar-refractivity contribution >= 4 is 37.8 Å². The first-order valence-corrected chi connectivity index (χ1v) is 10.1. The molecule has 3 aromatic rings. The van der Waals surface area contributed by atoms with Crippen LogP contribution in [0, 0.1) is 0 Å². The molecular formula is C17H16N2O4S2. The number of thiazole rings is 1. The minimum atomic E-state index is -3.66. The van der Waals surface area contributed by atoms with Crippen molar-refractivity contribution < 1.29 is 18.4 Å². The molecule has 0 fully saturated rings. The Bertz CT molecular complexity index is 970. The number of hydroxylamine groups is 2. The molecule has 0 bridgehead atoms. The molecule has 1 aromatic heterocycles. The molecule has 0 aliphatic rings. The van der Waals surface area contributed by atoms with Crippen molar-refractivity contribution in [2.75, 3.05) is 6.54 Å². The van der Waals surface area contributed by atoms with E-state index in [0.717, 1.165) is 10.2 Å². The highest BCUT2D eigenvalue weighted by Gasteiger charge is 2.29. The second kappa shape index (κ2) is 7.30. The molecule has 0 spiro atoms. The van der Waals surface area contributed by atoms with Crippen LogP contribution in [0.5, 0.6) is 0 Å². The van der Waals surface area contributed by atoms with Gasteiger partial charge in [0.25, 0.3) is 0 Å². The Morgan fingerprint density at radius 2 is 1.96 bits per heavy atom. The number of hydrogen-bond acceptors (Lipinski definition) is 6. The fourth-order valence-electron chi connectivity index (χ4n) is 2.63. The highest BCUT2D eigenvalue weighted by atomic mass is 32.2. The Morgan fingerprint density at radius 3 is 2.68 bits per heavy atom. The molecule has 3 rings (SSSR count). The maximum atomic E-state index is 13.0. The molecule has 1 atom stereocenters. The van der Waals surface area contributed by atoms with Crippen LogP contribution >= 0.6 is 11.3 Å². The first-order valence-electron chi connectivity index (χ1n) is 7.49. The van der Waals surface area contributed by atoms with Gasteiger partial charge >= 0.3 is 0 Å². The van der Waals surface area contributed by atoms with Crippen molar-refractivity contribution in [3.63, 3.8) is 0 Å². The second-order valence-corrected chi connectivity index (χ2v) is 8.66. The van der Waals surface area contributed by atoms with Crippen LogP contribution in [0.15, 0.2) is 54.0 Å². The van der Waals surface area contributed by atoms with Gasteiger partial charge in [-0.05, 0) is 23.3 Å². The number of amides is 1. The number of aromatic nitrogens is 1. The molecule has 1 amide bonds. The highest BCUT2D eigenvalue weighted by molar-refractivity contribution is 7.90. The van der Waals surface area contributed by atoms with Gasteiger partial charge in [0.2, 0.25) is 6.41 Å². The third-order valence-electron chi connectivity index (χ3n) is 3.84. The van der Waals surface area contributed by atoms with Gasteiger partial charge in [0, 0.05) is 0 Å². The minimum absolute atomic E-state index is 0.187. The van der Waals surface area contributed by atoms with Crippen molar-refractivity contribution in [2.45, 2.75) is 11.0 Å². The topological polar surface area (TPSA) is 87.6 Å². The van der Waals surface area contributed by atoms with Crippen LogP contribution in [0.3, 0.4) is 0 Å². The summed E-state index contributed by atoms with van der Waals surface area (Å²) < 4.78 is 26.8. The van der Waals surface area contributed by atoms with Gasteiger partial charge in [-0.15, -0.1) is 11.3 Å². The largest absolute Gasteiger partial charge is 0.286 e. The summed E-state index contributed by atoms with van der Waals surface area (Å²) in [6, 6.07) is 13.9. The fraction of sp³-hybridized carbons (Fsp3) is 0.176. The van der Waals surface area contributed by atoms with Crippen LogP contribution < -0.4 is 0 Å². The molecule has 0 aliphatic carbocycles. The predicted molar refractivity (Wildman–Crippen MR) is 96.0 cm³/mol. The van der Waals surface area contributed by atoms with E-state index < -0.39 is 15.1 Å². The number of sulfone groups is 1. The van der Waals surface area contributed by atoms with Gasteiger partial charge in [0.05, 0.1) is 28.0 Å². The number of benzene rings is 2. The van der Waals surface area contributed by atoms with Crippen LogP contribution in [0.2, 0.25) is 0 Å². The average molecular weight is 376 g/mol. The standard InChI is InChI=1S/C17H16N2O4S2/c20-12-19(21)9-17(14-4-2-1-3-5-14)25(22,23)10-13-6-7-15-16(8-13)24-11-18-15/h1-8,11-12,17,21H,9-10H2. The first-order chi connectivity index (χ1) is 12.0. The number of hydrogen-bond donors (Lipinski definition) is 1. The molecule has 0 radical (unpaired) electrons. The van der Waals surface area contributed by atoms with Gasteiger partial charge in [-0.2, -0.15) is 0 Å². The molecular weight excluding hydrogens is 360 g/mol. The summed E-state index contributed by atoms with van der Waals surface area (Å²) in [5.41, 5.74) is 3.72.